The van der Waals surface area contributed by atoms with Crippen LogP contribution in [0.4, 0.5) is 8.78 Å². The van der Waals surface area contributed by atoms with Crippen LogP contribution in [-0.4, -0.2) is 35.5 Å². The molecule has 0 aromatic heterocycles. The number of hydrogen-bond acceptors (Lipinski definition) is 2. The summed E-state index contributed by atoms with van der Waals surface area (Å²) < 4.78 is 26.0. The Bertz CT molecular complexity index is 549. The van der Waals surface area contributed by atoms with Gasteiger partial charge in [-0.3, -0.25) is 4.79 Å². The van der Waals surface area contributed by atoms with E-state index in [1.807, 2.05) is 0 Å². The highest BCUT2D eigenvalue weighted by atomic mass is 19.2. The van der Waals surface area contributed by atoms with Crippen LogP contribution in [0.3, 0.4) is 0 Å². The van der Waals surface area contributed by atoms with Crippen LogP contribution in [-0.2, 0) is 0 Å². The Morgan fingerprint density at radius 2 is 1.83 bits per heavy atom. The molecule has 1 rings (SSSR count). The van der Waals surface area contributed by atoms with Crippen LogP contribution in [0.15, 0.2) is 12.1 Å². The number of hydrogen-bond donors (Lipinski definition) is 1. The second-order valence-electron chi connectivity index (χ2n) is 3.48. The lowest BCUT2D eigenvalue weighted by atomic mass is 10.1. The first-order valence-electron chi connectivity index (χ1n) is 4.79. The molecule has 0 aliphatic heterocycles. The molecule has 0 saturated carbocycles. The molecule has 6 heteroatoms. The smallest absolute Gasteiger partial charge is 0.336 e. The van der Waals surface area contributed by atoms with Gasteiger partial charge in [0, 0.05) is 7.05 Å². The average Bonchev–Trinajstić information content (AvgIpc) is 2.31. The molecule has 0 heterocycles. The predicted molar refractivity (Wildman–Crippen MR) is 59.1 cm³/mol. The summed E-state index contributed by atoms with van der Waals surface area (Å²) in [5.74, 6) is -2.75. The minimum Gasteiger partial charge on any atom is -0.478 e. The molecular formula is C12H9F2NO3. The number of rotatable bonds is 3. The van der Waals surface area contributed by atoms with Crippen molar-refractivity contribution < 1.29 is 23.5 Å². The molecule has 1 N–H and O–H groups in total. The monoisotopic (exact) mass is 253 g/mol. The molecule has 0 aliphatic carbocycles. The lowest BCUT2D eigenvalue weighted by molar-refractivity contribution is 0.0682. The van der Waals surface area contributed by atoms with Crippen molar-refractivity contribution in [2.24, 2.45) is 0 Å². The van der Waals surface area contributed by atoms with E-state index >= 15 is 0 Å². The number of carboxylic acid groups (broad SMARTS) is 1. The van der Waals surface area contributed by atoms with E-state index in [1.165, 1.54) is 7.05 Å². The average molecular weight is 253 g/mol. The van der Waals surface area contributed by atoms with Crippen LogP contribution in [0.5, 0.6) is 0 Å². The second-order valence-corrected chi connectivity index (χ2v) is 3.48. The molecule has 4 nitrogen and oxygen atoms in total. The van der Waals surface area contributed by atoms with Gasteiger partial charge in [0.1, 0.15) is 0 Å². The molecule has 0 aliphatic rings. The third-order valence-electron chi connectivity index (χ3n) is 2.20. The molecule has 94 valence electrons. The van der Waals surface area contributed by atoms with Crippen molar-refractivity contribution in [3.63, 3.8) is 0 Å². The Labute approximate surface area is 102 Å². The quantitative estimate of drug-likeness (QED) is 0.828. The summed E-state index contributed by atoms with van der Waals surface area (Å²) in [4.78, 5) is 23.7. The highest BCUT2D eigenvalue weighted by Crippen LogP contribution is 2.17. The van der Waals surface area contributed by atoms with Gasteiger partial charge in [-0.25, -0.2) is 13.6 Å². The number of benzene rings is 1. The molecule has 0 bridgehead atoms. The summed E-state index contributed by atoms with van der Waals surface area (Å²) in [6.07, 6.45) is 5.00. The van der Waals surface area contributed by atoms with E-state index in [0.717, 1.165) is 4.90 Å². The van der Waals surface area contributed by atoms with Crippen molar-refractivity contribution in [1.29, 1.82) is 0 Å². The van der Waals surface area contributed by atoms with E-state index in [4.69, 9.17) is 11.5 Å². The molecule has 18 heavy (non-hydrogen) atoms. The van der Waals surface area contributed by atoms with Gasteiger partial charge in [-0.1, -0.05) is 5.92 Å². The zero-order valence-electron chi connectivity index (χ0n) is 9.41. The van der Waals surface area contributed by atoms with Gasteiger partial charge in [0.2, 0.25) is 0 Å². The molecule has 1 aromatic carbocycles. The van der Waals surface area contributed by atoms with Crippen molar-refractivity contribution in [3.8, 4) is 12.3 Å². The van der Waals surface area contributed by atoms with Crippen molar-refractivity contribution >= 4 is 11.9 Å². The Hall–Kier alpha value is -2.42. The maximum absolute atomic E-state index is 13.1. The molecule has 0 radical (unpaired) electrons. The molecule has 0 saturated heterocycles. The van der Waals surface area contributed by atoms with Crippen LogP contribution in [0.1, 0.15) is 20.7 Å². The summed E-state index contributed by atoms with van der Waals surface area (Å²) in [5.41, 5.74) is -1.05. The fourth-order valence-electron chi connectivity index (χ4n) is 1.32. The Balaban J connectivity index is 3.31. The van der Waals surface area contributed by atoms with Crippen LogP contribution < -0.4 is 0 Å². The summed E-state index contributed by atoms with van der Waals surface area (Å²) in [5, 5.41) is 8.84. The Morgan fingerprint density at radius 1 is 1.33 bits per heavy atom. The second kappa shape index (κ2) is 5.27. The van der Waals surface area contributed by atoms with E-state index in [0.29, 0.717) is 12.1 Å². The largest absolute Gasteiger partial charge is 0.478 e. The number of terminal acetylenes is 1. The Morgan fingerprint density at radius 3 is 2.28 bits per heavy atom. The first kappa shape index (κ1) is 13.6. The maximum atomic E-state index is 13.1. The molecular weight excluding hydrogens is 244 g/mol. The lowest BCUT2D eigenvalue weighted by Crippen LogP contribution is -2.28. The minimum atomic E-state index is -1.52. The highest BCUT2D eigenvalue weighted by Gasteiger charge is 2.22. The number of amides is 1. The summed E-state index contributed by atoms with van der Waals surface area (Å²) in [6.45, 7) is -0.0725. The van der Waals surface area contributed by atoms with Gasteiger partial charge in [0.05, 0.1) is 17.7 Å². The normalized spacial score (nSPS) is 9.67. The summed E-state index contributed by atoms with van der Waals surface area (Å²) >= 11 is 0. The molecule has 1 amide bonds. The fourth-order valence-corrected chi connectivity index (χ4v) is 1.32. The van der Waals surface area contributed by atoms with Crippen molar-refractivity contribution in [2.45, 2.75) is 0 Å². The molecule has 1 aromatic rings. The van der Waals surface area contributed by atoms with Gasteiger partial charge < -0.3 is 10.0 Å². The van der Waals surface area contributed by atoms with Crippen LogP contribution >= 0.6 is 0 Å². The zero-order valence-corrected chi connectivity index (χ0v) is 9.41. The number of carbonyl (C=O) groups excluding carboxylic acids is 1. The maximum Gasteiger partial charge on any atom is 0.336 e. The fraction of sp³-hybridized carbons (Fsp3) is 0.167. The molecule has 0 unspecified atom stereocenters. The van der Waals surface area contributed by atoms with E-state index in [2.05, 4.69) is 5.92 Å². The van der Waals surface area contributed by atoms with Gasteiger partial charge in [-0.05, 0) is 12.1 Å². The van der Waals surface area contributed by atoms with Crippen molar-refractivity contribution in [3.05, 3.63) is 34.9 Å². The summed E-state index contributed by atoms with van der Waals surface area (Å²) in [7, 11) is 1.33. The van der Waals surface area contributed by atoms with E-state index in [9.17, 15) is 18.4 Å². The minimum absolute atomic E-state index is 0.0725. The lowest BCUT2D eigenvalue weighted by Gasteiger charge is -2.15. The predicted octanol–water partition coefficient (Wildman–Crippen LogP) is 1.37. The van der Waals surface area contributed by atoms with Crippen LogP contribution in [0.25, 0.3) is 0 Å². The standard InChI is InChI=1S/C12H9F2NO3/c1-3-4-15(2)11(16)7-5-9(13)10(14)6-8(7)12(17)18/h1,5-6H,4H2,2H3,(H,17,18). The topological polar surface area (TPSA) is 57.6 Å². The van der Waals surface area contributed by atoms with Crippen molar-refractivity contribution in [1.82, 2.24) is 4.90 Å². The van der Waals surface area contributed by atoms with Crippen LogP contribution in [0, 0.1) is 24.0 Å². The number of aromatic carboxylic acids is 1. The molecule has 0 fully saturated rings. The van der Waals surface area contributed by atoms with Gasteiger partial charge in [0.25, 0.3) is 5.91 Å². The van der Waals surface area contributed by atoms with Gasteiger partial charge in [-0.2, -0.15) is 0 Å². The van der Waals surface area contributed by atoms with E-state index in [1.54, 1.807) is 0 Å². The SMILES string of the molecule is C#CCN(C)C(=O)c1cc(F)c(F)cc1C(=O)O. The first-order valence-corrected chi connectivity index (χ1v) is 4.79. The number of carboxylic acids is 1. The Kier molecular flexibility index (Phi) is 4.00. The molecule has 0 spiro atoms. The zero-order chi connectivity index (χ0) is 13.9. The van der Waals surface area contributed by atoms with Gasteiger partial charge in [0.15, 0.2) is 11.6 Å². The van der Waals surface area contributed by atoms with E-state index in [-0.39, 0.29) is 6.54 Å². The van der Waals surface area contributed by atoms with Crippen LogP contribution in [0.2, 0.25) is 0 Å². The van der Waals surface area contributed by atoms with Gasteiger partial charge in [-0.15, -0.1) is 6.42 Å². The highest BCUT2D eigenvalue weighted by molar-refractivity contribution is 6.04. The number of nitrogens with zero attached hydrogens (tertiary/aromatic N) is 1. The van der Waals surface area contributed by atoms with Gasteiger partial charge >= 0.3 is 5.97 Å². The third-order valence-corrected chi connectivity index (χ3v) is 2.20. The van der Waals surface area contributed by atoms with E-state index < -0.39 is 34.6 Å². The van der Waals surface area contributed by atoms with Crippen molar-refractivity contribution in [2.75, 3.05) is 13.6 Å². The first-order chi connectivity index (χ1) is 8.38. The third kappa shape index (κ3) is 2.63. The molecule has 0 atom stereocenters. The number of halogens is 2. The number of carbonyl (C=O) groups is 2. The summed E-state index contributed by atoms with van der Waals surface area (Å²) in [6, 6.07) is 1.02.